The van der Waals surface area contributed by atoms with Crippen molar-refractivity contribution in [2.24, 2.45) is 11.8 Å². The summed E-state index contributed by atoms with van der Waals surface area (Å²) in [6.07, 6.45) is 3.88. The van der Waals surface area contributed by atoms with E-state index < -0.39 is 0 Å². The number of pyridine rings is 1. The smallest absolute Gasteiger partial charge is 0.259 e. The molecule has 1 aliphatic heterocycles. The van der Waals surface area contributed by atoms with E-state index in [1.165, 1.54) is 0 Å². The van der Waals surface area contributed by atoms with E-state index in [-0.39, 0.29) is 30.6 Å². The molecule has 0 unspecified atom stereocenters. The molecule has 3 rings (SSSR count). The van der Waals surface area contributed by atoms with Crippen LogP contribution in [-0.4, -0.2) is 71.7 Å². The minimum Gasteiger partial charge on any atom is -0.472 e. The fraction of sp³-hybridized carbons (Fsp3) is 0.619. The number of likely N-dealkylation sites (N-methyl/N-ethyl adjacent to an activating group) is 1. The summed E-state index contributed by atoms with van der Waals surface area (Å²) >= 11 is 0. The third-order valence-corrected chi connectivity index (χ3v) is 5.06. The van der Waals surface area contributed by atoms with E-state index in [4.69, 9.17) is 4.74 Å². The standard InChI is InChI=1S/C21H29N3O3/c1-14-11-24(15(2)13-25)21(26)18-9-17(8-7-16-5-6-16)10-22-20(18)27-19(14)12-23(3)4/h9-10,14-16,19,25H,5-6,11-13H2,1-4H3/t14-,15+,19-/m0/s1. The molecule has 6 heteroatoms. The first-order chi connectivity index (χ1) is 12.9. The van der Waals surface area contributed by atoms with Gasteiger partial charge < -0.3 is 19.6 Å². The molecule has 0 saturated heterocycles. The van der Waals surface area contributed by atoms with Crippen LogP contribution in [0.15, 0.2) is 12.3 Å². The van der Waals surface area contributed by atoms with Crippen LogP contribution < -0.4 is 4.74 Å². The van der Waals surface area contributed by atoms with E-state index in [2.05, 4.69) is 28.6 Å². The van der Waals surface area contributed by atoms with Gasteiger partial charge in [0.2, 0.25) is 5.88 Å². The normalized spacial score (nSPS) is 23.6. The Bertz CT molecular complexity index is 749. The number of hydrogen-bond donors (Lipinski definition) is 1. The second-order valence-electron chi connectivity index (χ2n) is 8.01. The quantitative estimate of drug-likeness (QED) is 0.815. The molecule has 0 aromatic carbocycles. The molecular formula is C21H29N3O3. The van der Waals surface area contributed by atoms with Crippen molar-refractivity contribution in [1.29, 1.82) is 0 Å². The number of ether oxygens (including phenoxy) is 1. The predicted molar refractivity (Wildman–Crippen MR) is 104 cm³/mol. The largest absolute Gasteiger partial charge is 0.472 e. The molecule has 0 bridgehead atoms. The minimum absolute atomic E-state index is 0.0817. The van der Waals surface area contributed by atoms with Gasteiger partial charge in [-0.3, -0.25) is 4.79 Å². The highest BCUT2D eigenvalue weighted by atomic mass is 16.5. The Balaban J connectivity index is 1.98. The highest BCUT2D eigenvalue weighted by Crippen LogP contribution is 2.29. The van der Waals surface area contributed by atoms with Crippen molar-refractivity contribution in [1.82, 2.24) is 14.8 Å². The van der Waals surface area contributed by atoms with Gasteiger partial charge in [-0.2, -0.15) is 0 Å². The Morgan fingerprint density at radius 3 is 2.81 bits per heavy atom. The average Bonchev–Trinajstić information content (AvgIpc) is 3.46. The Morgan fingerprint density at radius 2 is 2.19 bits per heavy atom. The zero-order chi connectivity index (χ0) is 19.6. The number of rotatable bonds is 4. The van der Waals surface area contributed by atoms with Crippen molar-refractivity contribution in [2.75, 3.05) is 33.8 Å². The number of nitrogens with zero attached hydrogens (tertiary/aromatic N) is 3. The van der Waals surface area contributed by atoms with Gasteiger partial charge in [0.25, 0.3) is 5.91 Å². The van der Waals surface area contributed by atoms with Crippen molar-refractivity contribution < 1.29 is 14.6 Å². The van der Waals surface area contributed by atoms with Crippen LogP contribution in [0.25, 0.3) is 0 Å². The van der Waals surface area contributed by atoms with Crippen molar-refractivity contribution in [3.63, 3.8) is 0 Å². The lowest BCUT2D eigenvalue weighted by Crippen LogP contribution is -2.49. The molecule has 1 aliphatic carbocycles. The third kappa shape index (κ3) is 4.79. The van der Waals surface area contributed by atoms with Gasteiger partial charge in [0.15, 0.2) is 0 Å². The van der Waals surface area contributed by atoms with E-state index in [9.17, 15) is 9.90 Å². The second kappa shape index (κ2) is 8.28. The summed E-state index contributed by atoms with van der Waals surface area (Å²) in [6.45, 7) is 5.09. The van der Waals surface area contributed by atoms with Crippen LogP contribution in [0.5, 0.6) is 5.88 Å². The van der Waals surface area contributed by atoms with Crippen LogP contribution in [0.2, 0.25) is 0 Å². The summed E-state index contributed by atoms with van der Waals surface area (Å²) in [6, 6.07) is 1.51. The highest BCUT2D eigenvalue weighted by Gasteiger charge is 2.33. The van der Waals surface area contributed by atoms with Gasteiger partial charge in [-0.25, -0.2) is 4.98 Å². The molecule has 6 nitrogen and oxygen atoms in total. The van der Waals surface area contributed by atoms with Crippen LogP contribution in [-0.2, 0) is 0 Å². The summed E-state index contributed by atoms with van der Waals surface area (Å²) in [5.74, 6) is 7.11. The van der Waals surface area contributed by atoms with Gasteiger partial charge in [0.1, 0.15) is 11.7 Å². The monoisotopic (exact) mass is 371 g/mol. The van der Waals surface area contributed by atoms with Gasteiger partial charge >= 0.3 is 0 Å². The average molecular weight is 371 g/mol. The second-order valence-corrected chi connectivity index (χ2v) is 8.01. The number of aromatic nitrogens is 1. The molecule has 27 heavy (non-hydrogen) atoms. The van der Waals surface area contributed by atoms with Gasteiger partial charge in [-0.1, -0.05) is 18.8 Å². The number of carbonyl (C=O) groups excluding carboxylic acids is 1. The maximum Gasteiger partial charge on any atom is 0.259 e. The van der Waals surface area contributed by atoms with Crippen molar-refractivity contribution >= 4 is 5.91 Å². The first kappa shape index (κ1) is 19.7. The number of aliphatic hydroxyl groups is 1. The maximum atomic E-state index is 13.2. The summed E-state index contributed by atoms with van der Waals surface area (Å²) in [5.41, 5.74) is 1.15. The molecule has 0 spiro atoms. The molecule has 2 aliphatic rings. The summed E-state index contributed by atoms with van der Waals surface area (Å²) in [7, 11) is 4.00. The number of hydrogen-bond acceptors (Lipinski definition) is 5. The van der Waals surface area contributed by atoms with Crippen LogP contribution in [0.4, 0.5) is 0 Å². The van der Waals surface area contributed by atoms with Gasteiger partial charge in [0, 0.05) is 36.7 Å². The van der Waals surface area contributed by atoms with Crippen molar-refractivity contribution in [3.8, 4) is 17.7 Å². The molecule has 0 radical (unpaired) electrons. The minimum atomic E-state index is -0.271. The lowest BCUT2D eigenvalue weighted by atomic mass is 10.00. The number of carbonyl (C=O) groups is 1. The Hall–Kier alpha value is -2.10. The highest BCUT2D eigenvalue weighted by molar-refractivity contribution is 5.97. The first-order valence-electron chi connectivity index (χ1n) is 9.63. The topological polar surface area (TPSA) is 65.9 Å². The van der Waals surface area contributed by atoms with E-state index in [1.807, 2.05) is 21.0 Å². The van der Waals surface area contributed by atoms with E-state index in [0.717, 1.165) is 24.9 Å². The lowest BCUT2D eigenvalue weighted by molar-refractivity contribution is 0.0348. The molecule has 1 aromatic heterocycles. The van der Waals surface area contributed by atoms with E-state index in [0.29, 0.717) is 23.9 Å². The number of aliphatic hydroxyl groups excluding tert-OH is 1. The lowest BCUT2D eigenvalue weighted by Gasteiger charge is -2.37. The summed E-state index contributed by atoms with van der Waals surface area (Å²) in [5, 5.41) is 9.65. The first-order valence-corrected chi connectivity index (χ1v) is 9.63. The summed E-state index contributed by atoms with van der Waals surface area (Å²) < 4.78 is 6.17. The molecule has 2 heterocycles. The van der Waals surface area contributed by atoms with Crippen molar-refractivity contribution in [3.05, 3.63) is 23.4 Å². The molecule has 146 valence electrons. The van der Waals surface area contributed by atoms with Crippen LogP contribution in [0, 0.1) is 23.7 Å². The van der Waals surface area contributed by atoms with E-state index >= 15 is 0 Å². The molecule has 1 saturated carbocycles. The number of fused-ring (bicyclic) bond motifs is 1. The Kier molecular flexibility index (Phi) is 6.03. The van der Waals surface area contributed by atoms with Crippen LogP contribution in [0.3, 0.4) is 0 Å². The van der Waals surface area contributed by atoms with Crippen LogP contribution in [0.1, 0.15) is 42.6 Å². The van der Waals surface area contributed by atoms with Gasteiger partial charge in [-0.15, -0.1) is 0 Å². The molecule has 1 amide bonds. The molecule has 1 aromatic rings. The van der Waals surface area contributed by atoms with Crippen molar-refractivity contribution in [2.45, 2.75) is 38.8 Å². The molecule has 3 atom stereocenters. The fourth-order valence-corrected chi connectivity index (χ4v) is 3.16. The molecule has 1 N–H and O–H groups in total. The Labute approximate surface area is 161 Å². The van der Waals surface area contributed by atoms with E-state index in [1.54, 1.807) is 17.2 Å². The zero-order valence-corrected chi connectivity index (χ0v) is 16.6. The van der Waals surface area contributed by atoms with Gasteiger partial charge in [0.05, 0.1) is 12.6 Å². The Morgan fingerprint density at radius 1 is 1.44 bits per heavy atom. The maximum absolute atomic E-state index is 13.2. The van der Waals surface area contributed by atoms with Gasteiger partial charge in [-0.05, 0) is 39.9 Å². The van der Waals surface area contributed by atoms with Crippen LogP contribution >= 0.6 is 0 Å². The third-order valence-electron chi connectivity index (χ3n) is 5.06. The summed E-state index contributed by atoms with van der Waals surface area (Å²) in [4.78, 5) is 21.4. The fourth-order valence-electron chi connectivity index (χ4n) is 3.16. The molecule has 1 fully saturated rings. The molecular weight excluding hydrogens is 342 g/mol. The number of amides is 1. The predicted octanol–water partition coefficient (Wildman–Crippen LogP) is 1.62. The SMILES string of the molecule is C[C@H](CO)N1C[C@H](C)[C@H](CN(C)C)Oc2ncc(C#CC3CC3)cc2C1=O. The zero-order valence-electron chi connectivity index (χ0n) is 16.6.